The Morgan fingerprint density at radius 1 is 1.25 bits per heavy atom. The molecule has 0 saturated carbocycles. The number of nitrogens with zero attached hydrogens (tertiary/aromatic N) is 1. The van der Waals surface area contributed by atoms with E-state index in [1.807, 2.05) is 11.0 Å². The highest BCUT2D eigenvalue weighted by atomic mass is 19.1. The van der Waals surface area contributed by atoms with Gasteiger partial charge in [-0.15, -0.1) is 0 Å². The van der Waals surface area contributed by atoms with E-state index in [-0.39, 0.29) is 23.7 Å². The summed E-state index contributed by atoms with van der Waals surface area (Å²) in [6, 6.07) is 6.51. The number of nitrogens with one attached hydrogen (secondary N) is 2. The first-order valence-corrected chi connectivity index (χ1v) is 7.23. The van der Waals surface area contributed by atoms with Crippen LogP contribution in [0.4, 0.5) is 4.39 Å². The number of amides is 1. The van der Waals surface area contributed by atoms with E-state index in [2.05, 4.69) is 10.6 Å². The zero-order valence-electron chi connectivity index (χ0n) is 11.4. The Hall–Kier alpha value is -1.46. The van der Waals surface area contributed by atoms with Crippen LogP contribution in [-0.2, 0) is 4.79 Å². The van der Waals surface area contributed by atoms with Crippen LogP contribution < -0.4 is 10.6 Å². The lowest BCUT2D eigenvalue weighted by atomic mass is 9.99. The Morgan fingerprint density at radius 3 is 2.85 bits per heavy atom. The molecule has 0 spiro atoms. The average Bonchev–Trinajstić information content (AvgIpc) is 3.01. The summed E-state index contributed by atoms with van der Waals surface area (Å²) in [6.45, 7) is 3.86. The van der Waals surface area contributed by atoms with E-state index in [9.17, 15) is 9.18 Å². The molecule has 0 radical (unpaired) electrons. The zero-order valence-corrected chi connectivity index (χ0v) is 11.4. The van der Waals surface area contributed by atoms with Crippen molar-refractivity contribution in [2.75, 3.05) is 32.7 Å². The van der Waals surface area contributed by atoms with Gasteiger partial charge in [0.1, 0.15) is 5.82 Å². The van der Waals surface area contributed by atoms with E-state index >= 15 is 0 Å². The lowest BCUT2D eigenvalue weighted by molar-refractivity contribution is -0.138. The van der Waals surface area contributed by atoms with Crippen molar-refractivity contribution in [3.05, 3.63) is 35.6 Å². The van der Waals surface area contributed by atoms with Crippen molar-refractivity contribution in [3.63, 3.8) is 0 Å². The van der Waals surface area contributed by atoms with Gasteiger partial charge in [0.2, 0.25) is 5.91 Å². The topological polar surface area (TPSA) is 44.4 Å². The first-order valence-electron chi connectivity index (χ1n) is 7.23. The normalized spacial score (nSPS) is 26.8. The summed E-state index contributed by atoms with van der Waals surface area (Å²) in [6.07, 6.45) is 0.901. The van der Waals surface area contributed by atoms with E-state index in [1.165, 1.54) is 12.1 Å². The molecule has 1 unspecified atom stereocenters. The van der Waals surface area contributed by atoms with Crippen LogP contribution in [0.3, 0.4) is 0 Å². The number of benzene rings is 1. The van der Waals surface area contributed by atoms with Gasteiger partial charge in [-0.2, -0.15) is 0 Å². The highest BCUT2D eigenvalue weighted by Gasteiger charge is 2.33. The summed E-state index contributed by atoms with van der Waals surface area (Å²) >= 11 is 0. The van der Waals surface area contributed by atoms with Gasteiger partial charge in [-0.05, 0) is 30.7 Å². The molecule has 2 fully saturated rings. The number of halogens is 1. The van der Waals surface area contributed by atoms with Gasteiger partial charge in [-0.3, -0.25) is 4.79 Å². The zero-order chi connectivity index (χ0) is 13.9. The molecule has 0 aliphatic carbocycles. The largest absolute Gasteiger partial charge is 0.333 e. The van der Waals surface area contributed by atoms with Crippen molar-refractivity contribution in [1.29, 1.82) is 0 Å². The third-order valence-electron chi connectivity index (χ3n) is 4.17. The molecule has 20 heavy (non-hydrogen) atoms. The summed E-state index contributed by atoms with van der Waals surface area (Å²) in [5, 5.41) is 6.53. The third kappa shape index (κ3) is 2.69. The molecule has 2 saturated heterocycles. The molecule has 2 heterocycles. The second kappa shape index (κ2) is 5.89. The number of carbonyl (C=O) groups excluding carboxylic acids is 1. The molecule has 0 aromatic heterocycles. The van der Waals surface area contributed by atoms with Crippen LogP contribution in [0, 0.1) is 11.7 Å². The molecule has 2 aliphatic rings. The Labute approximate surface area is 118 Å². The SMILES string of the molecule is O=C([C@@H]1CCNC1)N1CCNCC1c1cccc(F)c1. The van der Waals surface area contributed by atoms with Gasteiger partial charge in [-0.25, -0.2) is 4.39 Å². The van der Waals surface area contributed by atoms with Gasteiger partial charge in [0.05, 0.1) is 12.0 Å². The van der Waals surface area contributed by atoms with Gasteiger partial charge in [0, 0.05) is 26.2 Å². The van der Waals surface area contributed by atoms with Crippen LogP contribution in [0.1, 0.15) is 18.0 Å². The standard InChI is InChI=1S/C15H20FN3O/c16-13-3-1-2-11(8-13)14-10-18-6-7-19(14)15(20)12-4-5-17-9-12/h1-3,8,12,14,17-18H,4-7,9-10H2/t12-,14?/m1/s1. The van der Waals surface area contributed by atoms with Crippen LogP contribution in [0.5, 0.6) is 0 Å². The fourth-order valence-corrected chi connectivity index (χ4v) is 3.08. The van der Waals surface area contributed by atoms with Gasteiger partial charge >= 0.3 is 0 Å². The van der Waals surface area contributed by atoms with Crippen LogP contribution in [-0.4, -0.2) is 43.5 Å². The minimum atomic E-state index is -0.247. The summed E-state index contributed by atoms with van der Waals surface area (Å²) < 4.78 is 13.4. The first-order chi connectivity index (χ1) is 9.75. The Bertz CT molecular complexity index is 488. The van der Waals surface area contributed by atoms with Gasteiger partial charge < -0.3 is 15.5 Å². The summed E-state index contributed by atoms with van der Waals surface area (Å²) in [5.41, 5.74) is 0.872. The van der Waals surface area contributed by atoms with Crippen LogP contribution >= 0.6 is 0 Å². The molecule has 2 N–H and O–H groups in total. The lowest BCUT2D eigenvalue weighted by Crippen LogP contribution is -2.50. The number of carbonyl (C=O) groups is 1. The average molecular weight is 277 g/mol. The van der Waals surface area contributed by atoms with Crippen molar-refractivity contribution >= 4 is 5.91 Å². The maximum absolute atomic E-state index is 13.4. The smallest absolute Gasteiger partial charge is 0.227 e. The maximum Gasteiger partial charge on any atom is 0.227 e. The fourth-order valence-electron chi connectivity index (χ4n) is 3.08. The summed E-state index contributed by atoms with van der Waals surface area (Å²) in [5.74, 6) is 0.0259. The van der Waals surface area contributed by atoms with Gasteiger partial charge in [0.25, 0.3) is 0 Å². The number of hydrogen-bond donors (Lipinski definition) is 2. The number of hydrogen-bond acceptors (Lipinski definition) is 3. The quantitative estimate of drug-likeness (QED) is 0.844. The van der Waals surface area contributed by atoms with E-state index in [4.69, 9.17) is 0 Å². The van der Waals surface area contributed by atoms with Crippen LogP contribution in [0.2, 0.25) is 0 Å². The van der Waals surface area contributed by atoms with Crippen molar-refractivity contribution in [2.45, 2.75) is 12.5 Å². The molecular weight excluding hydrogens is 257 g/mol. The first kappa shape index (κ1) is 13.5. The molecular formula is C15H20FN3O. The van der Waals surface area contributed by atoms with Crippen molar-refractivity contribution in [2.24, 2.45) is 5.92 Å². The summed E-state index contributed by atoms with van der Waals surface area (Å²) in [4.78, 5) is 14.6. The second-order valence-electron chi connectivity index (χ2n) is 5.50. The highest BCUT2D eigenvalue weighted by molar-refractivity contribution is 5.80. The third-order valence-corrected chi connectivity index (χ3v) is 4.17. The minimum Gasteiger partial charge on any atom is -0.333 e. The molecule has 4 nitrogen and oxygen atoms in total. The van der Waals surface area contributed by atoms with Gasteiger partial charge in [0.15, 0.2) is 0 Å². The van der Waals surface area contributed by atoms with E-state index in [0.717, 1.165) is 31.6 Å². The van der Waals surface area contributed by atoms with E-state index in [1.54, 1.807) is 6.07 Å². The van der Waals surface area contributed by atoms with Crippen molar-refractivity contribution in [3.8, 4) is 0 Å². The fraction of sp³-hybridized carbons (Fsp3) is 0.533. The summed E-state index contributed by atoms with van der Waals surface area (Å²) in [7, 11) is 0. The molecule has 0 bridgehead atoms. The molecule has 1 amide bonds. The van der Waals surface area contributed by atoms with Crippen LogP contribution in [0.15, 0.2) is 24.3 Å². The Kier molecular flexibility index (Phi) is 3.98. The molecule has 2 atom stereocenters. The minimum absolute atomic E-state index is 0.0625. The monoisotopic (exact) mass is 277 g/mol. The van der Waals surface area contributed by atoms with Crippen molar-refractivity contribution in [1.82, 2.24) is 15.5 Å². The second-order valence-corrected chi connectivity index (χ2v) is 5.50. The highest BCUT2D eigenvalue weighted by Crippen LogP contribution is 2.25. The predicted molar refractivity (Wildman–Crippen MR) is 74.7 cm³/mol. The number of rotatable bonds is 2. The van der Waals surface area contributed by atoms with E-state index < -0.39 is 0 Å². The Balaban J connectivity index is 1.81. The molecule has 1 aromatic rings. The molecule has 5 heteroatoms. The van der Waals surface area contributed by atoms with Crippen LogP contribution in [0.25, 0.3) is 0 Å². The maximum atomic E-state index is 13.4. The predicted octanol–water partition coefficient (Wildman–Crippen LogP) is 0.908. The number of piperazine rings is 1. The lowest BCUT2D eigenvalue weighted by Gasteiger charge is -2.38. The van der Waals surface area contributed by atoms with Crippen molar-refractivity contribution < 1.29 is 9.18 Å². The van der Waals surface area contributed by atoms with Gasteiger partial charge in [-0.1, -0.05) is 12.1 Å². The molecule has 1 aromatic carbocycles. The molecule has 108 valence electrons. The molecule has 2 aliphatic heterocycles. The molecule has 3 rings (SSSR count). The Morgan fingerprint density at radius 2 is 2.10 bits per heavy atom. The van der Waals surface area contributed by atoms with E-state index in [0.29, 0.717) is 13.1 Å².